The highest BCUT2D eigenvalue weighted by molar-refractivity contribution is 5.59. The molecular formula is C18H17. The molecule has 0 aromatic heterocycles. The maximum Gasteiger partial charge on any atom is 0.0205 e. The topological polar surface area (TPSA) is 0 Å². The molecule has 89 valence electrons. The van der Waals surface area contributed by atoms with Gasteiger partial charge in [-0.1, -0.05) is 79.0 Å². The van der Waals surface area contributed by atoms with Gasteiger partial charge >= 0.3 is 0 Å². The zero-order chi connectivity index (χ0) is 12.8. The molecule has 0 atom stereocenters. The van der Waals surface area contributed by atoms with E-state index in [0.29, 0.717) is 0 Å². The van der Waals surface area contributed by atoms with Crippen LogP contribution in [0.15, 0.2) is 95.7 Å². The van der Waals surface area contributed by atoms with Crippen LogP contribution in [-0.2, 0) is 0 Å². The van der Waals surface area contributed by atoms with Gasteiger partial charge in [0.25, 0.3) is 0 Å². The molecule has 0 heteroatoms. The van der Waals surface area contributed by atoms with E-state index in [1.165, 1.54) is 22.3 Å². The van der Waals surface area contributed by atoms with Gasteiger partial charge < -0.3 is 0 Å². The summed E-state index contributed by atoms with van der Waals surface area (Å²) < 4.78 is 0. The van der Waals surface area contributed by atoms with Crippen molar-refractivity contribution in [1.82, 2.24) is 0 Å². The monoisotopic (exact) mass is 233 g/mol. The number of fused-ring (bicyclic) bond motifs is 1. The van der Waals surface area contributed by atoms with Gasteiger partial charge in [-0.05, 0) is 23.6 Å². The molecule has 2 rings (SSSR count). The summed E-state index contributed by atoms with van der Waals surface area (Å²) in [6.45, 7) is 5.78. The van der Waals surface area contributed by atoms with E-state index < -0.39 is 0 Å². The molecule has 0 unspecified atom stereocenters. The summed E-state index contributed by atoms with van der Waals surface area (Å²) in [5, 5.41) is 0. The van der Waals surface area contributed by atoms with Gasteiger partial charge in [0, 0.05) is 6.42 Å². The first-order valence-corrected chi connectivity index (χ1v) is 6.09. The average Bonchev–Trinajstić information content (AvgIpc) is 2.65. The first-order chi connectivity index (χ1) is 8.79. The smallest absolute Gasteiger partial charge is 0.0205 e. The van der Waals surface area contributed by atoms with E-state index in [2.05, 4.69) is 68.5 Å². The van der Waals surface area contributed by atoms with Crippen molar-refractivity contribution in [3.05, 3.63) is 102 Å². The molecule has 2 aliphatic rings. The highest BCUT2D eigenvalue weighted by atomic mass is 14.1. The van der Waals surface area contributed by atoms with Gasteiger partial charge in [-0.15, -0.1) is 0 Å². The van der Waals surface area contributed by atoms with Crippen LogP contribution in [0, 0.1) is 6.42 Å². The summed E-state index contributed by atoms with van der Waals surface area (Å²) >= 11 is 0. The third-order valence-corrected chi connectivity index (χ3v) is 2.81. The van der Waals surface area contributed by atoms with Crippen LogP contribution in [0.5, 0.6) is 0 Å². The third-order valence-electron chi connectivity index (χ3n) is 2.81. The van der Waals surface area contributed by atoms with Crippen molar-refractivity contribution < 1.29 is 0 Å². The van der Waals surface area contributed by atoms with Crippen molar-refractivity contribution in [2.24, 2.45) is 0 Å². The lowest BCUT2D eigenvalue weighted by atomic mass is 9.99. The van der Waals surface area contributed by atoms with Gasteiger partial charge in [-0.25, -0.2) is 0 Å². The Morgan fingerprint density at radius 2 is 1.83 bits per heavy atom. The predicted molar refractivity (Wildman–Crippen MR) is 79.9 cm³/mol. The first-order valence-electron chi connectivity index (χ1n) is 6.09. The summed E-state index contributed by atoms with van der Waals surface area (Å²) in [4.78, 5) is 0. The molecule has 0 saturated heterocycles. The van der Waals surface area contributed by atoms with Gasteiger partial charge in [0.15, 0.2) is 0 Å². The molecule has 0 amide bonds. The third kappa shape index (κ3) is 3.21. The average molecular weight is 233 g/mol. The van der Waals surface area contributed by atoms with Crippen LogP contribution in [0.25, 0.3) is 0 Å². The van der Waals surface area contributed by atoms with Crippen molar-refractivity contribution >= 4 is 0 Å². The van der Waals surface area contributed by atoms with Crippen molar-refractivity contribution in [3.8, 4) is 0 Å². The molecule has 0 aromatic carbocycles. The number of rotatable bonds is 2. The van der Waals surface area contributed by atoms with E-state index in [1.807, 2.05) is 12.2 Å². The Bertz CT molecular complexity index is 541. The van der Waals surface area contributed by atoms with Crippen molar-refractivity contribution in [2.45, 2.75) is 6.92 Å². The second kappa shape index (κ2) is 6.02. The maximum atomic E-state index is 3.67. The van der Waals surface area contributed by atoms with Gasteiger partial charge in [-0.2, -0.15) is 0 Å². The van der Waals surface area contributed by atoms with Crippen LogP contribution in [0.1, 0.15) is 6.92 Å². The Morgan fingerprint density at radius 1 is 0.944 bits per heavy atom. The quantitative estimate of drug-likeness (QED) is 0.601. The van der Waals surface area contributed by atoms with Gasteiger partial charge in [0.2, 0.25) is 0 Å². The lowest BCUT2D eigenvalue weighted by Gasteiger charge is -2.04. The summed E-state index contributed by atoms with van der Waals surface area (Å²) in [6.07, 6.45) is 24.9. The molecular weight excluding hydrogens is 216 g/mol. The van der Waals surface area contributed by atoms with Crippen LogP contribution in [0.3, 0.4) is 0 Å². The molecule has 0 saturated carbocycles. The minimum Gasteiger partial charge on any atom is -0.0991 e. The Hall–Kier alpha value is -2.08. The molecule has 1 radical (unpaired) electrons. The van der Waals surface area contributed by atoms with Crippen LogP contribution in [0.4, 0.5) is 0 Å². The van der Waals surface area contributed by atoms with Gasteiger partial charge in [-0.3, -0.25) is 0 Å². The number of hydrogen-bond acceptors (Lipinski definition) is 0. The fourth-order valence-corrected chi connectivity index (χ4v) is 1.81. The van der Waals surface area contributed by atoms with E-state index >= 15 is 0 Å². The fraction of sp³-hybridized carbons (Fsp3) is 0.0556. The SMILES string of the molecule is C=C/C=C\C=C1\[CH]C2=CC=C(C)C=CC2=CC=C1. The van der Waals surface area contributed by atoms with E-state index in [4.69, 9.17) is 0 Å². The minimum atomic E-state index is 1.19. The first kappa shape index (κ1) is 12.4. The zero-order valence-electron chi connectivity index (χ0n) is 10.6. The Labute approximate surface area is 109 Å². The van der Waals surface area contributed by atoms with Crippen LogP contribution < -0.4 is 0 Å². The molecule has 18 heavy (non-hydrogen) atoms. The highest BCUT2D eigenvalue weighted by Gasteiger charge is 2.08. The molecule has 0 aromatic rings. The highest BCUT2D eigenvalue weighted by Crippen LogP contribution is 2.26. The Morgan fingerprint density at radius 3 is 2.67 bits per heavy atom. The molecule has 0 fully saturated rings. The standard InChI is InChI=1S/C18H17/c1-3-4-5-7-16-8-6-9-17-12-10-15(2)11-13-18(17)14-16/h3-14H,1H2,2H3/b5-4-,16-7+. The molecule has 0 bridgehead atoms. The zero-order valence-corrected chi connectivity index (χ0v) is 10.6. The molecule has 0 nitrogen and oxygen atoms in total. The van der Waals surface area contributed by atoms with Crippen LogP contribution in [0.2, 0.25) is 0 Å². The van der Waals surface area contributed by atoms with Gasteiger partial charge in [0.1, 0.15) is 0 Å². The summed E-state index contributed by atoms with van der Waals surface area (Å²) in [5.74, 6) is 0. The molecule has 2 aliphatic carbocycles. The maximum absolute atomic E-state index is 3.67. The van der Waals surface area contributed by atoms with Crippen molar-refractivity contribution in [1.29, 1.82) is 0 Å². The second-order valence-electron chi connectivity index (χ2n) is 4.28. The van der Waals surface area contributed by atoms with E-state index in [1.54, 1.807) is 6.08 Å². The van der Waals surface area contributed by atoms with Crippen molar-refractivity contribution in [3.63, 3.8) is 0 Å². The Kier molecular flexibility index (Phi) is 4.14. The normalized spacial score (nSPS) is 20.9. The summed E-state index contributed by atoms with van der Waals surface area (Å²) in [7, 11) is 0. The van der Waals surface area contributed by atoms with Crippen LogP contribution in [-0.4, -0.2) is 0 Å². The number of allylic oxidation sites excluding steroid dienone is 15. The van der Waals surface area contributed by atoms with E-state index in [-0.39, 0.29) is 0 Å². The van der Waals surface area contributed by atoms with Gasteiger partial charge in [0.05, 0.1) is 0 Å². The largest absolute Gasteiger partial charge is 0.0991 e. The molecule has 0 aliphatic heterocycles. The molecule has 0 N–H and O–H groups in total. The fourth-order valence-electron chi connectivity index (χ4n) is 1.81. The van der Waals surface area contributed by atoms with E-state index in [0.717, 1.165) is 0 Å². The van der Waals surface area contributed by atoms with Crippen LogP contribution >= 0.6 is 0 Å². The lowest BCUT2D eigenvalue weighted by Crippen LogP contribution is -1.88. The second-order valence-corrected chi connectivity index (χ2v) is 4.28. The minimum absolute atomic E-state index is 1.19. The summed E-state index contributed by atoms with van der Waals surface area (Å²) in [5.41, 5.74) is 4.94. The van der Waals surface area contributed by atoms with E-state index in [9.17, 15) is 0 Å². The lowest BCUT2D eigenvalue weighted by molar-refractivity contribution is 1.44. The summed E-state index contributed by atoms with van der Waals surface area (Å²) in [6, 6.07) is 0. The molecule has 0 spiro atoms. The Balaban J connectivity index is 2.27. The predicted octanol–water partition coefficient (Wildman–Crippen LogP) is 4.80. The molecule has 0 heterocycles. The number of hydrogen-bond donors (Lipinski definition) is 0. The van der Waals surface area contributed by atoms with Crippen molar-refractivity contribution in [2.75, 3.05) is 0 Å².